The zero-order chi connectivity index (χ0) is 21.8. The summed E-state index contributed by atoms with van der Waals surface area (Å²) in [7, 11) is 1.66. The topological polar surface area (TPSA) is 100 Å². The van der Waals surface area contributed by atoms with E-state index in [9.17, 15) is 15.0 Å². The highest BCUT2D eigenvalue weighted by Crippen LogP contribution is 2.39. The van der Waals surface area contributed by atoms with Gasteiger partial charge in [0.1, 0.15) is 17.2 Å². The highest BCUT2D eigenvalue weighted by Gasteiger charge is 2.33. The number of methoxy groups -OCH3 is 1. The lowest BCUT2D eigenvalue weighted by Gasteiger charge is -2.39. The number of aliphatic hydroxyl groups is 1. The second kappa shape index (κ2) is 9.16. The van der Waals surface area contributed by atoms with Crippen molar-refractivity contribution in [3.05, 3.63) is 47.5 Å². The van der Waals surface area contributed by atoms with E-state index in [2.05, 4.69) is 22.8 Å². The summed E-state index contributed by atoms with van der Waals surface area (Å²) in [6.45, 7) is 0.218. The Morgan fingerprint density at radius 2 is 1.94 bits per heavy atom. The van der Waals surface area contributed by atoms with E-state index < -0.39 is 6.10 Å². The molecule has 1 unspecified atom stereocenters. The zero-order valence-corrected chi connectivity index (χ0v) is 17.8. The number of ether oxygens (including phenoxy) is 2. The Balaban J connectivity index is 1.50. The molecule has 1 aliphatic carbocycles. The molecule has 2 aromatic carbocycles. The third-order valence-corrected chi connectivity index (χ3v) is 6.27. The van der Waals surface area contributed by atoms with Gasteiger partial charge >= 0.3 is 0 Å². The smallest absolute Gasteiger partial charge is 0.262 e. The van der Waals surface area contributed by atoms with Crippen LogP contribution in [0.15, 0.2) is 36.4 Å². The van der Waals surface area contributed by atoms with Crippen molar-refractivity contribution in [1.29, 1.82) is 0 Å². The van der Waals surface area contributed by atoms with Gasteiger partial charge in [0.15, 0.2) is 6.61 Å². The Morgan fingerprint density at radius 1 is 1.19 bits per heavy atom. The number of β-amino-alcohol motifs (C(OH)–C–C–N with tert-alkyl or cyclic N) is 1. The van der Waals surface area contributed by atoms with Crippen LogP contribution in [0.3, 0.4) is 0 Å². The lowest BCUT2D eigenvalue weighted by atomic mass is 9.77. The van der Waals surface area contributed by atoms with Crippen LogP contribution in [0, 0.1) is 0 Å². The minimum absolute atomic E-state index is 0.0239. The van der Waals surface area contributed by atoms with Crippen LogP contribution in [-0.4, -0.2) is 41.9 Å². The summed E-state index contributed by atoms with van der Waals surface area (Å²) < 4.78 is 10.8. The average molecular weight is 427 g/mol. The van der Waals surface area contributed by atoms with Crippen LogP contribution in [0.4, 0.5) is 5.69 Å². The molecule has 4 rings (SSSR count). The summed E-state index contributed by atoms with van der Waals surface area (Å²) in [5.74, 6) is 0.951. The first-order chi connectivity index (χ1) is 15.0. The number of phenolic OH excluding ortho intramolecular Hbond substituents is 1. The summed E-state index contributed by atoms with van der Waals surface area (Å²) in [5.41, 5.74) is 1.99. The summed E-state index contributed by atoms with van der Waals surface area (Å²) in [5, 5.41) is 27.3. The first-order valence-corrected chi connectivity index (χ1v) is 10.8. The molecule has 0 radical (unpaired) electrons. The van der Waals surface area contributed by atoms with Gasteiger partial charge in [0.25, 0.3) is 5.91 Å². The predicted molar refractivity (Wildman–Crippen MR) is 118 cm³/mol. The summed E-state index contributed by atoms with van der Waals surface area (Å²) in [6, 6.07) is 11.1. The van der Waals surface area contributed by atoms with Gasteiger partial charge in [0.05, 0.1) is 18.9 Å². The van der Waals surface area contributed by atoms with Gasteiger partial charge in [-0.25, -0.2) is 0 Å². The lowest BCUT2D eigenvalue weighted by molar-refractivity contribution is -0.118. The van der Waals surface area contributed by atoms with Crippen molar-refractivity contribution in [2.45, 2.75) is 50.2 Å². The number of hydrogen-bond donors (Lipinski definition) is 4. The number of rotatable bonds is 7. The maximum Gasteiger partial charge on any atom is 0.262 e. The number of carbonyl (C=O) groups excluding carboxylic acids is 1. The van der Waals surface area contributed by atoms with E-state index in [0.717, 1.165) is 37.9 Å². The van der Waals surface area contributed by atoms with Crippen LogP contribution in [0.2, 0.25) is 0 Å². The van der Waals surface area contributed by atoms with Crippen LogP contribution in [0.5, 0.6) is 17.2 Å². The normalized spacial score (nSPS) is 18.5. The Bertz CT molecular complexity index is 922. The fourth-order valence-electron chi connectivity index (χ4n) is 4.66. The molecular weight excluding hydrogens is 396 g/mol. The van der Waals surface area contributed by atoms with Gasteiger partial charge in [-0.05, 0) is 43.0 Å². The average Bonchev–Trinajstić information content (AvgIpc) is 2.78. The first-order valence-electron chi connectivity index (χ1n) is 10.8. The predicted octanol–water partition coefficient (Wildman–Crippen LogP) is 3.30. The standard InChI is InChI=1S/C24H30N2O5/c1-30-18-7-5-16(6-8-18)13-24(9-3-2-4-10-24)25-14-21(28)19-11-17(27)12-20-23(19)31-15-22(29)26-20/h5-8,11-12,21,25,27-28H,2-4,9-10,13-15H2,1H3,(H,26,29). The molecule has 166 valence electrons. The summed E-state index contributed by atoms with van der Waals surface area (Å²) in [6.07, 6.45) is 5.58. The van der Waals surface area contributed by atoms with Crippen LogP contribution < -0.4 is 20.1 Å². The number of phenols is 1. The van der Waals surface area contributed by atoms with E-state index >= 15 is 0 Å². The van der Waals surface area contributed by atoms with E-state index in [1.807, 2.05) is 12.1 Å². The lowest BCUT2D eigenvalue weighted by Crippen LogP contribution is -2.50. The molecule has 1 fully saturated rings. The minimum Gasteiger partial charge on any atom is -0.508 e. The van der Waals surface area contributed by atoms with Crippen molar-refractivity contribution < 1.29 is 24.5 Å². The maximum atomic E-state index is 11.6. The van der Waals surface area contributed by atoms with Gasteiger partial charge in [0.2, 0.25) is 0 Å². The number of aromatic hydroxyl groups is 1. The van der Waals surface area contributed by atoms with Crippen LogP contribution in [0.25, 0.3) is 0 Å². The molecule has 0 saturated heterocycles. The van der Waals surface area contributed by atoms with Crippen molar-refractivity contribution in [2.75, 3.05) is 25.6 Å². The van der Waals surface area contributed by atoms with Crippen molar-refractivity contribution in [1.82, 2.24) is 5.32 Å². The van der Waals surface area contributed by atoms with E-state index in [1.165, 1.54) is 24.1 Å². The molecular formula is C24H30N2O5. The van der Waals surface area contributed by atoms with Crippen molar-refractivity contribution in [3.63, 3.8) is 0 Å². The van der Waals surface area contributed by atoms with Gasteiger partial charge in [-0.15, -0.1) is 0 Å². The molecule has 1 heterocycles. The molecule has 2 aliphatic rings. The van der Waals surface area contributed by atoms with Crippen molar-refractivity contribution in [3.8, 4) is 17.2 Å². The monoisotopic (exact) mass is 426 g/mol. The third-order valence-electron chi connectivity index (χ3n) is 6.27. The Hall–Kier alpha value is -2.77. The van der Waals surface area contributed by atoms with Crippen LogP contribution >= 0.6 is 0 Å². The number of fused-ring (bicyclic) bond motifs is 1. The second-order valence-electron chi connectivity index (χ2n) is 8.51. The molecule has 31 heavy (non-hydrogen) atoms. The SMILES string of the molecule is COc1ccc(CC2(NCC(O)c3cc(O)cc4c3OCC(=O)N4)CCCCC2)cc1. The van der Waals surface area contributed by atoms with Gasteiger partial charge in [0, 0.05) is 23.7 Å². The molecule has 2 aromatic rings. The molecule has 7 heteroatoms. The Morgan fingerprint density at radius 3 is 2.65 bits per heavy atom. The van der Waals surface area contributed by atoms with Gasteiger partial charge in [-0.1, -0.05) is 31.4 Å². The second-order valence-corrected chi connectivity index (χ2v) is 8.51. The molecule has 1 atom stereocenters. The third kappa shape index (κ3) is 4.94. The van der Waals surface area contributed by atoms with Crippen LogP contribution in [0.1, 0.15) is 49.3 Å². The Kier molecular flexibility index (Phi) is 6.34. The van der Waals surface area contributed by atoms with Crippen molar-refractivity contribution in [2.24, 2.45) is 0 Å². The quantitative estimate of drug-likeness (QED) is 0.542. The summed E-state index contributed by atoms with van der Waals surface area (Å²) in [4.78, 5) is 11.6. The molecule has 4 N–H and O–H groups in total. The molecule has 0 aromatic heterocycles. The van der Waals surface area contributed by atoms with E-state index in [1.54, 1.807) is 7.11 Å². The van der Waals surface area contributed by atoms with E-state index in [4.69, 9.17) is 9.47 Å². The van der Waals surface area contributed by atoms with Gasteiger partial charge in [-0.2, -0.15) is 0 Å². The minimum atomic E-state index is -0.884. The Labute approximate surface area is 182 Å². The maximum absolute atomic E-state index is 11.6. The largest absolute Gasteiger partial charge is 0.508 e. The fourth-order valence-corrected chi connectivity index (χ4v) is 4.66. The number of hydrogen-bond acceptors (Lipinski definition) is 6. The first kappa shape index (κ1) is 21.5. The molecule has 1 amide bonds. The van der Waals surface area contributed by atoms with E-state index in [0.29, 0.717) is 23.5 Å². The molecule has 7 nitrogen and oxygen atoms in total. The number of nitrogens with one attached hydrogen (secondary N) is 2. The van der Waals surface area contributed by atoms with Gasteiger partial charge < -0.3 is 30.3 Å². The molecule has 0 spiro atoms. The highest BCUT2D eigenvalue weighted by atomic mass is 16.5. The molecule has 0 bridgehead atoms. The fraction of sp³-hybridized carbons (Fsp3) is 0.458. The van der Waals surface area contributed by atoms with Gasteiger partial charge in [-0.3, -0.25) is 4.79 Å². The zero-order valence-electron chi connectivity index (χ0n) is 17.8. The number of benzene rings is 2. The van der Waals surface area contributed by atoms with Crippen LogP contribution in [-0.2, 0) is 11.2 Å². The van der Waals surface area contributed by atoms with Crippen molar-refractivity contribution >= 4 is 11.6 Å². The van der Waals surface area contributed by atoms with E-state index in [-0.39, 0.29) is 23.8 Å². The molecule has 1 aliphatic heterocycles. The summed E-state index contributed by atoms with van der Waals surface area (Å²) >= 11 is 0. The highest BCUT2D eigenvalue weighted by molar-refractivity contribution is 5.96. The number of anilines is 1. The number of carbonyl (C=O) groups is 1. The molecule has 1 saturated carbocycles. The number of amides is 1. The number of aliphatic hydroxyl groups excluding tert-OH is 1.